The molecule has 0 aliphatic carbocycles. The van der Waals surface area contributed by atoms with Crippen molar-refractivity contribution in [3.63, 3.8) is 0 Å². The quantitative estimate of drug-likeness (QED) is 0.844. The smallest absolute Gasteiger partial charge is 0.264 e. The molecule has 2 aromatic heterocycles. The van der Waals surface area contributed by atoms with Gasteiger partial charge in [-0.05, 0) is 44.5 Å². The van der Waals surface area contributed by atoms with E-state index in [1.54, 1.807) is 29.5 Å². The molecule has 96 valence electrons. The van der Waals surface area contributed by atoms with E-state index in [2.05, 4.69) is 0 Å². The van der Waals surface area contributed by atoms with Crippen molar-refractivity contribution in [2.75, 3.05) is 7.05 Å². The van der Waals surface area contributed by atoms with E-state index in [4.69, 9.17) is 4.42 Å². The number of hydrogen-bond donors (Lipinski definition) is 0. The first-order valence-electron chi connectivity index (χ1n) is 5.88. The van der Waals surface area contributed by atoms with Crippen molar-refractivity contribution in [2.24, 2.45) is 0 Å². The molecule has 2 heterocycles. The average molecular weight is 263 g/mol. The molecule has 0 saturated carbocycles. The molecule has 0 N–H and O–H groups in total. The highest BCUT2D eigenvalue weighted by molar-refractivity contribution is 7.14. The number of rotatable bonds is 3. The Morgan fingerprint density at radius 2 is 2.17 bits per heavy atom. The minimum Gasteiger partial charge on any atom is -0.467 e. The SMILES string of the molecule is Cc1cc(C(=O)N(C)C(C)c2ccco2)sc1C. The average Bonchev–Trinajstić information content (AvgIpc) is 2.97. The monoisotopic (exact) mass is 263 g/mol. The number of furan rings is 1. The van der Waals surface area contributed by atoms with Gasteiger partial charge < -0.3 is 9.32 Å². The largest absolute Gasteiger partial charge is 0.467 e. The van der Waals surface area contributed by atoms with Gasteiger partial charge in [0.05, 0.1) is 17.2 Å². The lowest BCUT2D eigenvalue weighted by molar-refractivity contribution is 0.0731. The fraction of sp³-hybridized carbons (Fsp3) is 0.357. The molecular formula is C14H17NO2S. The number of carbonyl (C=O) groups is 1. The summed E-state index contributed by atoms with van der Waals surface area (Å²) >= 11 is 1.54. The Bertz CT molecular complexity index is 523. The maximum atomic E-state index is 12.3. The Balaban J connectivity index is 2.18. The molecule has 0 bridgehead atoms. The number of carbonyl (C=O) groups excluding carboxylic acids is 1. The Morgan fingerprint density at radius 3 is 2.67 bits per heavy atom. The first-order chi connectivity index (χ1) is 8.50. The van der Waals surface area contributed by atoms with Crippen LogP contribution in [0.3, 0.4) is 0 Å². The number of amides is 1. The van der Waals surface area contributed by atoms with Gasteiger partial charge in [-0.25, -0.2) is 0 Å². The first-order valence-corrected chi connectivity index (χ1v) is 6.70. The highest BCUT2D eigenvalue weighted by Gasteiger charge is 2.22. The van der Waals surface area contributed by atoms with E-state index in [1.807, 2.05) is 39.0 Å². The van der Waals surface area contributed by atoms with E-state index >= 15 is 0 Å². The van der Waals surface area contributed by atoms with E-state index in [0.717, 1.165) is 10.6 Å². The molecule has 18 heavy (non-hydrogen) atoms. The predicted molar refractivity (Wildman–Crippen MR) is 73.0 cm³/mol. The van der Waals surface area contributed by atoms with Crippen molar-refractivity contribution in [3.8, 4) is 0 Å². The van der Waals surface area contributed by atoms with Crippen LogP contribution in [0.5, 0.6) is 0 Å². The zero-order valence-corrected chi connectivity index (χ0v) is 11.9. The summed E-state index contributed by atoms with van der Waals surface area (Å²) in [4.78, 5) is 16.0. The van der Waals surface area contributed by atoms with Crippen molar-refractivity contribution < 1.29 is 9.21 Å². The van der Waals surface area contributed by atoms with Crippen LogP contribution in [0.2, 0.25) is 0 Å². The molecule has 0 radical (unpaired) electrons. The standard InChI is InChI=1S/C14H17NO2S/c1-9-8-13(18-11(9)3)14(16)15(4)10(2)12-6-5-7-17-12/h5-8,10H,1-4H3. The molecule has 0 aromatic carbocycles. The normalized spacial score (nSPS) is 12.4. The van der Waals surface area contributed by atoms with Gasteiger partial charge >= 0.3 is 0 Å². The van der Waals surface area contributed by atoms with Gasteiger partial charge in [-0.1, -0.05) is 0 Å². The third kappa shape index (κ3) is 2.34. The van der Waals surface area contributed by atoms with Gasteiger partial charge in [-0.2, -0.15) is 0 Å². The molecular weight excluding hydrogens is 246 g/mol. The van der Waals surface area contributed by atoms with Gasteiger partial charge in [0.15, 0.2) is 0 Å². The number of nitrogens with zero attached hydrogens (tertiary/aromatic N) is 1. The summed E-state index contributed by atoms with van der Waals surface area (Å²) in [6, 6.07) is 5.62. The third-order valence-corrected chi connectivity index (χ3v) is 4.37. The van der Waals surface area contributed by atoms with Gasteiger partial charge in [0.1, 0.15) is 5.76 Å². The van der Waals surface area contributed by atoms with Crippen LogP contribution in [0.15, 0.2) is 28.9 Å². The predicted octanol–water partition coefficient (Wildman–Crippen LogP) is 3.79. The van der Waals surface area contributed by atoms with Gasteiger partial charge in [0.2, 0.25) is 0 Å². The highest BCUT2D eigenvalue weighted by Crippen LogP contribution is 2.26. The fourth-order valence-corrected chi connectivity index (χ4v) is 2.76. The molecule has 0 aliphatic rings. The Hall–Kier alpha value is -1.55. The molecule has 1 amide bonds. The first kappa shape index (κ1) is 12.9. The molecule has 0 spiro atoms. The van der Waals surface area contributed by atoms with Crippen LogP contribution in [0, 0.1) is 13.8 Å². The van der Waals surface area contributed by atoms with E-state index < -0.39 is 0 Å². The van der Waals surface area contributed by atoms with Crippen LogP contribution in [0.1, 0.15) is 38.8 Å². The number of aryl methyl sites for hydroxylation is 2. The van der Waals surface area contributed by atoms with Gasteiger partial charge in [-0.15, -0.1) is 11.3 Å². The summed E-state index contributed by atoms with van der Waals surface area (Å²) in [5.41, 5.74) is 1.17. The van der Waals surface area contributed by atoms with Crippen molar-refractivity contribution in [1.29, 1.82) is 0 Å². The maximum Gasteiger partial charge on any atom is 0.264 e. The summed E-state index contributed by atoms with van der Waals surface area (Å²) in [5.74, 6) is 0.843. The lowest BCUT2D eigenvalue weighted by Crippen LogP contribution is -2.28. The third-order valence-electron chi connectivity index (χ3n) is 3.23. The molecule has 0 fully saturated rings. The van der Waals surface area contributed by atoms with E-state index in [-0.39, 0.29) is 11.9 Å². The van der Waals surface area contributed by atoms with Gasteiger partial charge in [0.25, 0.3) is 5.91 Å². The molecule has 2 rings (SSSR count). The second-order valence-corrected chi connectivity index (χ2v) is 5.71. The Kier molecular flexibility index (Phi) is 3.57. The fourth-order valence-electron chi connectivity index (χ4n) is 1.75. The van der Waals surface area contributed by atoms with Crippen molar-refractivity contribution in [3.05, 3.63) is 45.5 Å². The lowest BCUT2D eigenvalue weighted by Gasteiger charge is -2.22. The topological polar surface area (TPSA) is 33.5 Å². The zero-order valence-electron chi connectivity index (χ0n) is 11.1. The van der Waals surface area contributed by atoms with Gasteiger partial charge in [-0.3, -0.25) is 4.79 Å². The molecule has 0 aliphatic heterocycles. The molecule has 2 aromatic rings. The van der Waals surface area contributed by atoms with Crippen LogP contribution in [0.25, 0.3) is 0 Å². The summed E-state index contributed by atoms with van der Waals surface area (Å²) in [6.45, 7) is 6.02. The highest BCUT2D eigenvalue weighted by atomic mass is 32.1. The summed E-state index contributed by atoms with van der Waals surface area (Å²) < 4.78 is 5.34. The van der Waals surface area contributed by atoms with E-state index in [9.17, 15) is 4.79 Å². The van der Waals surface area contributed by atoms with Crippen LogP contribution >= 0.6 is 11.3 Å². The molecule has 1 atom stereocenters. The second-order valence-electron chi connectivity index (χ2n) is 4.46. The number of hydrogen-bond acceptors (Lipinski definition) is 3. The van der Waals surface area contributed by atoms with Crippen molar-refractivity contribution in [2.45, 2.75) is 26.8 Å². The Labute approximate surface area is 111 Å². The van der Waals surface area contributed by atoms with E-state index in [0.29, 0.717) is 0 Å². The Morgan fingerprint density at radius 1 is 1.44 bits per heavy atom. The second kappa shape index (κ2) is 4.98. The van der Waals surface area contributed by atoms with Crippen LogP contribution in [-0.2, 0) is 0 Å². The minimum atomic E-state index is -0.0600. The summed E-state index contributed by atoms with van der Waals surface area (Å²) in [5, 5.41) is 0. The van der Waals surface area contributed by atoms with Crippen LogP contribution in [0.4, 0.5) is 0 Å². The maximum absolute atomic E-state index is 12.3. The van der Waals surface area contributed by atoms with Gasteiger partial charge in [0, 0.05) is 11.9 Å². The van der Waals surface area contributed by atoms with Crippen LogP contribution < -0.4 is 0 Å². The van der Waals surface area contributed by atoms with E-state index in [1.165, 1.54) is 10.4 Å². The van der Waals surface area contributed by atoms with Crippen molar-refractivity contribution >= 4 is 17.2 Å². The molecule has 4 heteroatoms. The zero-order chi connectivity index (χ0) is 13.3. The summed E-state index contributed by atoms with van der Waals surface area (Å²) in [7, 11) is 1.81. The molecule has 1 unspecified atom stereocenters. The molecule has 3 nitrogen and oxygen atoms in total. The summed E-state index contributed by atoms with van der Waals surface area (Å²) in [6.07, 6.45) is 1.63. The number of thiophene rings is 1. The van der Waals surface area contributed by atoms with Crippen LogP contribution in [-0.4, -0.2) is 17.9 Å². The van der Waals surface area contributed by atoms with Crippen molar-refractivity contribution in [1.82, 2.24) is 4.90 Å². The lowest BCUT2D eigenvalue weighted by atomic mass is 10.2. The minimum absolute atomic E-state index is 0.0418. The molecule has 0 saturated heterocycles.